The molecule has 2 heterocycles. The first-order valence-electron chi connectivity index (χ1n) is 7.80. The Hall–Kier alpha value is -2.84. The molecule has 1 aromatic carbocycles. The molecule has 2 aromatic rings. The fourth-order valence-corrected chi connectivity index (χ4v) is 2.86. The number of benzene rings is 1. The number of furan rings is 1. The average Bonchev–Trinajstić information content (AvgIpc) is 3.00. The van der Waals surface area contributed by atoms with Crippen molar-refractivity contribution in [3.05, 3.63) is 59.5 Å². The first-order valence-corrected chi connectivity index (χ1v) is 7.80. The molecule has 0 bridgehead atoms. The van der Waals surface area contributed by atoms with Crippen molar-refractivity contribution in [2.75, 3.05) is 13.1 Å². The number of aliphatic carboxylic acids is 1. The van der Waals surface area contributed by atoms with E-state index in [1.165, 1.54) is 0 Å². The minimum Gasteiger partial charge on any atom is -0.481 e. The van der Waals surface area contributed by atoms with Crippen molar-refractivity contribution in [3.8, 4) is 11.8 Å². The van der Waals surface area contributed by atoms with Crippen LogP contribution >= 0.6 is 0 Å². The zero-order valence-corrected chi connectivity index (χ0v) is 13.1. The summed E-state index contributed by atoms with van der Waals surface area (Å²) >= 11 is 0. The Labute approximate surface area is 139 Å². The lowest BCUT2D eigenvalue weighted by Gasteiger charge is -2.36. The maximum atomic E-state index is 12.4. The summed E-state index contributed by atoms with van der Waals surface area (Å²) in [6.45, 7) is 1.32. The van der Waals surface area contributed by atoms with Gasteiger partial charge >= 0.3 is 5.97 Å². The van der Waals surface area contributed by atoms with E-state index in [1.54, 1.807) is 12.1 Å². The highest BCUT2D eigenvalue weighted by molar-refractivity contribution is 5.94. The zero-order chi connectivity index (χ0) is 17.0. The Kier molecular flexibility index (Phi) is 4.50. The van der Waals surface area contributed by atoms with Crippen LogP contribution in [0.2, 0.25) is 0 Å². The van der Waals surface area contributed by atoms with Gasteiger partial charge in [0.2, 0.25) is 0 Å². The van der Waals surface area contributed by atoms with Crippen molar-refractivity contribution >= 4 is 11.8 Å². The molecule has 1 fully saturated rings. The Morgan fingerprint density at radius 2 is 1.83 bits per heavy atom. The Morgan fingerprint density at radius 1 is 1.08 bits per heavy atom. The summed E-state index contributed by atoms with van der Waals surface area (Å²) in [7, 11) is 0. The average molecular weight is 324 g/mol. The molecule has 5 nitrogen and oxygen atoms in total. The number of carbonyl (C=O) groups is 2. The van der Waals surface area contributed by atoms with Gasteiger partial charge in [0, 0.05) is 12.0 Å². The Bertz CT molecular complexity index is 807. The fraction of sp³-hybridized carbons (Fsp3) is 0.263. The van der Waals surface area contributed by atoms with Crippen LogP contribution in [0.3, 0.4) is 0 Å². The molecule has 3 N–H and O–H groups in total. The van der Waals surface area contributed by atoms with E-state index in [-0.39, 0.29) is 24.4 Å². The number of quaternary nitrogens is 1. The van der Waals surface area contributed by atoms with Crippen LogP contribution in [0.5, 0.6) is 0 Å². The highest BCUT2D eigenvalue weighted by Gasteiger charge is 2.45. The minimum atomic E-state index is -0.871. The highest BCUT2D eigenvalue weighted by atomic mass is 16.4. The van der Waals surface area contributed by atoms with Gasteiger partial charge < -0.3 is 14.8 Å². The van der Waals surface area contributed by atoms with Crippen molar-refractivity contribution in [2.24, 2.45) is 5.41 Å². The smallest absolute Gasteiger partial charge is 0.304 e. The summed E-state index contributed by atoms with van der Waals surface area (Å²) in [6.07, 6.45) is 0.200. The normalized spacial score (nSPS) is 15.0. The first kappa shape index (κ1) is 16.0. The van der Waals surface area contributed by atoms with Crippen LogP contribution in [0.15, 0.2) is 46.9 Å². The second kappa shape index (κ2) is 6.73. The molecule has 0 radical (unpaired) electrons. The summed E-state index contributed by atoms with van der Waals surface area (Å²) in [5.74, 6) is 5.49. The van der Waals surface area contributed by atoms with Crippen molar-refractivity contribution in [2.45, 2.75) is 12.8 Å². The van der Waals surface area contributed by atoms with Crippen LogP contribution in [-0.2, 0) is 4.79 Å². The number of ketones is 1. The third-order valence-corrected chi connectivity index (χ3v) is 4.20. The first-order chi connectivity index (χ1) is 11.6. The second-order valence-electron chi connectivity index (χ2n) is 6.15. The number of carboxylic acids is 1. The van der Waals surface area contributed by atoms with Crippen molar-refractivity contribution in [3.63, 3.8) is 0 Å². The van der Waals surface area contributed by atoms with E-state index in [4.69, 9.17) is 9.52 Å². The number of hydrogen-bond donors (Lipinski definition) is 2. The third-order valence-electron chi connectivity index (χ3n) is 4.20. The molecule has 0 aliphatic carbocycles. The largest absolute Gasteiger partial charge is 0.481 e. The molecular weight excluding hydrogens is 306 g/mol. The lowest BCUT2D eigenvalue weighted by Crippen LogP contribution is -3.00. The lowest BCUT2D eigenvalue weighted by atomic mass is 9.74. The molecule has 1 saturated heterocycles. The van der Waals surface area contributed by atoms with Gasteiger partial charge in [-0.2, -0.15) is 0 Å². The van der Waals surface area contributed by atoms with E-state index in [2.05, 4.69) is 11.8 Å². The molecule has 1 aromatic heterocycles. The number of rotatable bonds is 5. The van der Waals surface area contributed by atoms with Crippen molar-refractivity contribution in [1.82, 2.24) is 0 Å². The van der Waals surface area contributed by atoms with Crippen molar-refractivity contribution in [1.29, 1.82) is 0 Å². The van der Waals surface area contributed by atoms with Gasteiger partial charge in [0.1, 0.15) is 0 Å². The predicted octanol–water partition coefficient (Wildman–Crippen LogP) is 1.29. The topological polar surface area (TPSA) is 84.1 Å². The molecule has 1 aliphatic rings. The maximum Gasteiger partial charge on any atom is 0.304 e. The summed E-state index contributed by atoms with van der Waals surface area (Å²) in [4.78, 5) is 23.4. The van der Waals surface area contributed by atoms with Gasteiger partial charge in [0.15, 0.2) is 17.3 Å². The van der Waals surface area contributed by atoms with Gasteiger partial charge in [-0.25, -0.2) is 0 Å². The van der Waals surface area contributed by atoms with Gasteiger partial charge in [0.05, 0.1) is 24.9 Å². The maximum absolute atomic E-state index is 12.4. The molecule has 0 unspecified atom stereocenters. The standard InChI is InChI=1S/C19H17NO4/c21-16(10-19(11-18(22)23)12-20-13-19)17-9-8-15(24-17)7-6-14-4-2-1-3-5-14/h1-5,8-9,20H,10-13H2,(H,22,23)/p+1. The van der Waals surface area contributed by atoms with Gasteiger partial charge in [-0.1, -0.05) is 24.1 Å². The van der Waals surface area contributed by atoms with Gasteiger partial charge in [-0.05, 0) is 30.2 Å². The van der Waals surface area contributed by atoms with E-state index in [0.29, 0.717) is 18.8 Å². The third kappa shape index (κ3) is 3.73. The zero-order valence-electron chi connectivity index (χ0n) is 13.1. The number of nitrogens with two attached hydrogens (primary N) is 1. The molecule has 0 amide bonds. The molecule has 3 rings (SSSR count). The van der Waals surface area contributed by atoms with E-state index in [9.17, 15) is 9.59 Å². The molecular formula is C19H18NO4+. The fourth-order valence-electron chi connectivity index (χ4n) is 2.86. The summed E-state index contributed by atoms with van der Waals surface area (Å²) in [5.41, 5.74) is 0.415. The molecule has 5 heteroatoms. The summed E-state index contributed by atoms with van der Waals surface area (Å²) in [6, 6.07) is 12.8. The van der Waals surface area contributed by atoms with Gasteiger partial charge in [-0.15, -0.1) is 0 Å². The lowest BCUT2D eigenvalue weighted by molar-refractivity contribution is -0.741. The monoisotopic (exact) mass is 324 g/mol. The van der Waals surface area contributed by atoms with Crippen LogP contribution in [0, 0.1) is 17.3 Å². The molecule has 0 saturated carbocycles. The Morgan fingerprint density at radius 3 is 2.46 bits per heavy atom. The molecule has 122 valence electrons. The van der Waals surface area contributed by atoms with Crippen LogP contribution in [-0.4, -0.2) is 29.9 Å². The highest BCUT2D eigenvalue weighted by Crippen LogP contribution is 2.29. The number of Topliss-reactive ketones (excluding diaryl/α,β-unsaturated/α-hetero) is 1. The molecule has 0 spiro atoms. The summed E-state index contributed by atoms with van der Waals surface area (Å²) < 4.78 is 5.51. The van der Waals surface area contributed by atoms with Crippen LogP contribution in [0.25, 0.3) is 0 Å². The number of carbonyl (C=O) groups excluding carboxylic acids is 1. The summed E-state index contributed by atoms with van der Waals surface area (Å²) in [5, 5.41) is 11.0. The van der Waals surface area contributed by atoms with Gasteiger partial charge in [0.25, 0.3) is 0 Å². The van der Waals surface area contributed by atoms with Crippen LogP contribution < -0.4 is 5.32 Å². The van der Waals surface area contributed by atoms with Gasteiger partial charge in [-0.3, -0.25) is 9.59 Å². The number of carboxylic acid groups (broad SMARTS) is 1. The quantitative estimate of drug-likeness (QED) is 0.641. The Balaban J connectivity index is 1.68. The number of hydrogen-bond acceptors (Lipinski definition) is 3. The van der Waals surface area contributed by atoms with E-state index in [1.807, 2.05) is 35.6 Å². The minimum absolute atomic E-state index is 0.0105. The van der Waals surface area contributed by atoms with E-state index >= 15 is 0 Å². The van der Waals surface area contributed by atoms with Crippen molar-refractivity contribution < 1.29 is 24.4 Å². The predicted molar refractivity (Wildman–Crippen MR) is 86.4 cm³/mol. The van der Waals surface area contributed by atoms with Crippen LogP contribution in [0.4, 0.5) is 0 Å². The van der Waals surface area contributed by atoms with E-state index in [0.717, 1.165) is 5.56 Å². The second-order valence-corrected chi connectivity index (χ2v) is 6.15. The SMILES string of the molecule is O=C(O)CC1(CC(=O)c2ccc(C#Cc3ccccc3)o2)C[NH2+]C1. The molecule has 24 heavy (non-hydrogen) atoms. The van der Waals surface area contributed by atoms with E-state index < -0.39 is 11.4 Å². The van der Waals surface area contributed by atoms with Crippen LogP contribution in [0.1, 0.15) is 34.7 Å². The molecule has 0 atom stereocenters. The molecule has 1 aliphatic heterocycles.